The average molecular weight is 554 g/mol. The van der Waals surface area contributed by atoms with Gasteiger partial charge < -0.3 is 9.84 Å². The van der Waals surface area contributed by atoms with E-state index in [0.717, 1.165) is 35.8 Å². The minimum Gasteiger partial charge on any atom is -0.478 e. The molecule has 0 fully saturated rings. The van der Waals surface area contributed by atoms with Gasteiger partial charge >= 0.3 is 12.1 Å². The number of carboxylic acid groups (broad SMARTS) is 1. The number of ether oxygens (including phenoxy) is 1. The van der Waals surface area contributed by atoms with Crippen molar-refractivity contribution in [2.45, 2.75) is 32.0 Å². The van der Waals surface area contributed by atoms with E-state index in [2.05, 4.69) is 20.9 Å². The van der Waals surface area contributed by atoms with E-state index >= 15 is 0 Å². The molecule has 0 unspecified atom stereocenters. The Bertz CT molecular complexity index is 1340. The molecule has 0 amide bonds. The van der Waals surface area contributed by atoms with Gasteiger partial charge in [-0.25, -0.2) is 18.6 Å². The van der Waals surface area contributed by atoms with E-state index in [-0.39, 0.29) is 18.1 Å². The van der Waals surface area contributed by atoms with Crippen LogP contribution in [0.5, 0.6) is 5.88 Å². The van der Waals surface area contributed by atoms with E-state index < -0.39 is 34.9 Å². The molecule has 1 aliphatic rings. The Balaban J connectivity index is 1.69. The van der Waals surface area contributed by atoms with Crippen molar-refractivity contribution in [3.8, 4) is 5.88 Å². The van der Waals surface area contributed by atoms with Crippen LogP contribution in [-0.4, -0.2) is 16.1 Å². The zero-order valence-electron chi connectivity index (χ0n) is 17.9. The number of nitrogens with zero attached hydrogens (tertiary/aromatic N) is 1. The smallest absolute Gasteiger partial charge is 0.416 e. The summed E-state index contributed by atoms with van der Waals surface area (Å²) in [6, 6.07) is 7.85. The van der Waals surface area contributed by atoms with Gasteiger partial charge in [-0.15, -0.1) is 0 Å². The number of alkyl halides is 3. The number of aromatic carboxylic acids is 1. The number of aromatic nitrogens is 1. The third-order valence-corrected chi connectivity index (χ3v) is 6.08. The van der Waals surface area contributed by atoms with Crippen LogP contribution in [0.4, 0.5) is 22.0 Å². The molecule has 2 aromatic carbocycles. The first kappa shape index (κ1) is 24.8. The SMILES string of the molecule is O=C(O)c1cc(C2=C(c3cc(Br)cnc3OCc3ccc(C(F)(F)F)cc3F)CCC2)ccc1F. The summed E-state index contributed by atoms with van der Waals surface area (Å²) in [4.78, 5) is 15.6. The highest BCUT2D eigenvalue weighted by Crippen LogP contribution is 2.43. The number of hydrogen-bond donors (Lipinski definition) is 1. The molecule has 1 aromatic heterocycles. The molecule has 1 aliphatic carbocycles. The lowest BCUT2D eigenvalue weighted by Gasteiger charge is -2.15. The van der Waals surface area contributed by atoms with Gasteiger partial charge in [-0.1, -0.05) is 12.1 Å². The van der Waals surface area contributed by atoms with Crippen LogP contribution in [0.2, 0.25) is 0 Å². The van der Waals surface area contributed by atoms with Crippen LogP contribution >= 0.6 is 15.9 Å². The van der Waals surface area contributed by atoms with Gasteiger partial charge in [0, 0.05) is 21.8 Å². The fourth-order valence-corrected chi connectivity index (χ4v) is 4.31. The quantitative estimate of drug-likeness (QED) is 0.321. The van der Waals surface area contributed by atoms with Gasteiger partial charge in [0.2, 0.25) is 5.88 Å². The predicted octanol–water partition coefficient (Wildman–Crippen LogP) is 7.51. The highest BCUT2D eigenvalue weighted by atomic mass is 79.9. The summed E-state index contributed by atoms with van der Waals surface area (Å²) in [5.74, 6) is -3.13. The van der Waals surface area contributed by atoms with Gasteiger partial charge in [-0.3, -0.25) is 0 Å². The largest absolute Gasteiger partial charge is 0.478 e. The molecule has 4 rings (SSSR count). The number of allylic oxidation sites excluding steroid dienone is 2. The van der Waals surface area contributed by atoms with Crippen molar-refractivity contribution in [3.05, 3.63) is 92.6 Å². The lowest BCUT2D eigenvalue weighted by atomic mass is 9.96. The first-order valence-corrected chi connectivity index (χ1v) is 11.2. The van der Waals surface area contributed by atoms with Crippen molar-refractivity contribution in [1.82, 2.24) is 4.98 Å². The molecule has 4 nitrogen and oxygen atoms in total. The van der Waals surface area contributed by atoms with Crippen molar-refractivity contribution in [3.63, 3.8) is 0 Å². The Labute approximate surface area is 205 Å². The highest BCUT2D eigenvalue weighted by molar-refractivity contribution is 9.10. The molecule has 0 saturated carbocycles. The number of carboxylic acids is 1. The van der Waals surface area contributed by atoms with Gasteiger partial charge in [0.15, 0.2) is 0 Å². The van der Waals surface area contributed by atoms with Crippen molar-refractivity contribution >= 4 is 33.0 Å². The predicted molar refractivity (Wildman–Crippen MR) is 122 cm³/mol. The molecule has 10 heteroatoms. The second kappa shape index (κ2) is 9.77. The standard InChI is InChI=1S/C25H17BrF5NO3/c26-16-10-19(18-3-1-2-17(18)13-5-7-21(27)20(8-13)24(33)34)23(32-11-16)35-12-14-4-6-15(9-22(14)28)25(29,30)31/h4-11H,1-3,12H2,(H,33,34). The lowest BCUT2D eigenvalue weighted by Crippen LogP contribution is -2.08. The van der Waals surface area contributed by atoms with Gasteiger partial charge in [0.05, 0.1) is 11.1 Å². The Kier molecular flexibility index (Phi) is 6.93. The molecule has 1 heterocycles. The highest BCUT2D eigenvalue weighted by Gasteiger charge is 2.31. The minimum absolute atomic E-state index is 0.0704. The van der Waals surface area contributed by atoms with Crippen molar-refractivity contribution < 1.29 is 36.6 Å². The van der Waals surface area contributed by atoms with Crippen LogP contribution in [0, 0.1) is 11.6 Å². The third kappa shape index (κ3) is 5.37. The molecule has 0 spiro atoms. The van der Waals surface area contributed by atoms with Crippen molar-refractivity contribution in [2.24, 2.45) is 0 Å². The summed E-state index contributed by atoms with van der Waals surface area (Å²) in [5, 5.41) is 9.27. The number of benzene rings is 2. The molecule has 0 bridgehead atoms. The number of halogens is 6. The zero-order valence-corrected chi connectivity index (χ0v) is 19.5. The summed E-state index contributed by atoms with van der Waals surface area (Å²) in [5.41, 5.74) is 1.13. The summed E-state index contributed by atoms with van der Waals surface area (Å²) >= 11 is 3.36. The first-order valence-electron chi connectivity index (χ1n) is 10.4. The molecule has 1 N–H and O–H groups in total. The van der Waals surface area contributed by atoms with E-state index in [4.69, 9.17) is 4.74 Å². The first-order chi connectivity index (χ1) is 16.5. The summed E-state index contributed by atoms with van der Waals surface area (Å²) in [7, 11) is 0. The minimum atomic E-state index is -4.66. The van der Waals surface area contributed by atoms with Crippen LogP contribution in [-0.2, 0) is 12.8 Å². The van der Waals surface area contributed by atoms with Gasteiger partial charge in [-0.2, -0.15) is 13.2 Å². The molecule has 0 radical (unpaired) electrons. The topological polar surface area (TPSA) is 59.4 Å². The maximum absolute atomic E-state index is 14.3. The van der Waals surface area contributed by atoms with Crippen LogP contribution in [0.25, 0.3) is 11.1 Å². The fraction of sp³-hybridized carbons (Fsp3) is 0.200. The van der Waals surface area contributed by atoms with E-state index in [1.165, 1.54) is 18.3 Å². The summed E-state index contributed by atoms with van der Waals surface area (Å²) < 4.78 is 73.0. The number of hydrogen-bond acceptors (Lipinski definition) is 3. The Morgan fingerprint density at radius 1 is 1.03 bits per heavy atom. The molecule has 35 heavy (non-hydrogen) atoms. The van der Waals surface area contributed by atoms with E-state index in [1.807, 2.05) is 0 Å². The van der Waals surface area contributed by atoms with Crippen LogP contribution < -0.4 is 4.74 Å². The van der Waals surface area contributed by atoms with Gasteiger partial charge in [0.1, 0.15) is 18.2 Å². The second-order valence-electron chi connectivity index (χ2n) is 7.91. The second-order valence-corrected chi connectivity index (χ2v) is 8.82. The van der Waals surface area contributed by atoms with Crippen LogP contribution in [0.15, 0.2) is 53.1 Å². The monoisotopic (exact) mass is 553 g/mol. The lowest BCUT2D eigenvalue weighted by molar-refractivity contribution is -0.137. The van der Waals surface area contributed by atoms with E-state index in [1.54, 1.807) is 6.07 Å². The summed E-state index contributed by atoms with van der Waals surface area (Å²) in [6.45, 7) is -0.353. The maximum Gasteiger partial charge on any atom is 0.416 e. The van der Waals surface area contributed by atoms with Crippen molar-refractivity contribution in [1.29, 1.82) is 0 Å². The number of pyridine rings is 1. The normalized spacial score (nSPS) is 13.9. The molecule has 182 valence electrons. The molecule has 0 atom stereocenters. The van der Waals surface area contributed by atoms with Crippen LogP contribution in [0.1, 0.15) is 51.9 Å². The molecule has 3 aromatic rings. The summed E-state index contributed by atoms with van der Waals surface area (Å²) in [6.07, 6.45) is -1.22. The molecular weight excluding hydrogens is 537 g/mol. The molecule has 0 saturated heterocycles. The molecule has 0 aliphatic heterocycles. The van der Waals surface area contributed by atoms with E-state index in [9.17, 15) is 31.9 Å². The Morgan fingerprint density at radius 3 is 2.46 bits per heavy atom. The maximum atomic E-state index is 14.3. The molecular formula is C25H17BrF5NO3. The Morgan fingerprint density at radius 2 is 1.77 bits per heavy atom. The van der Waals surface area contributed by atoms with E-state index in [0.29, 0.717) is 34.5 Å². The Hall–Kier alpha value is -3.27. The van der Waals surface area contributed by atoms with Gasteiger partial charge in [0.25, 0.3) is 0 Å². The van der Waals surface area contributed by atoms with Crippen LogP contribution in [0.3, 0.4) is 0 Å². The number of carbonyl (C=O) groups is 1. The number of rotatable bonds is 6. The van der Waals surface area contributed by atoms with Crippen molar-refractivity contribution in [2.75, 3.05) is 0 Å². The zero-order chi connectivity index (χ0) is 25.3. The average Bonchev–Trinajstić information content (AvgIpc) is 3.28. The third-order valence-electron chi connectivity index (χ3n) is 5.65. The van der Waals surface area contributed by atoms with Gasteiger partial charge in [-0.05, 0) is 82.2 Å². The fourth-order valence-electron chi connectivity index (χ4n) is 3.98.